The maximum Gasteiger partial charge on any atom is 0.148 e. The first-order chi connectivity index (χ1) is 7.43. The molecule has 5 heteroatoms. The summed E-state index contributed by atoms with van der Waals surface area (Å²) in [5.74, 6) is 0.855. The highest BCUT2D eigenvalue weighted by atomic mass is 16.3. The molecule has 1 atom stereocenters. The second kappa shape index (κ2) is 5.21. The minimum absolute atomic E-state index is 0.269. The molecule has 0 fully saturated rings. The van der Waals surface area contributed by atoms with Crippen LogP contribution in [0.5, 0.6) is 0 Å². The van der Waals surface area contributed by atoms with Crippen LogP contribution in [0.2, 0.25) is 0 Å². The smallest absolute Gasteiger partial charge is 0.148 e. The van der Waals surface area contributed by atoms with Crippen LogP contribution in [0.15, 0.2) is 0 Å². The van der Waals surface area contributed by atoms with E-state index >= 15 is 0 Å². The zero-order valence-electron chi connectivity index (χ0n) is 10.5. The molecule has 0 saturated carbocycles. The molecule has 1 heterocycles. The Hall–Kier alpha value is -1.23. The number of aryl methyl sites for hydroxylation is 1. The van der Waals surface area contributed by atoms with E-state index in [9.17, 15) is 5.11 Å². The Kier molecular flexibility index (Phi) is 4.18. The Labute approximate surface area is 96.6 Å². The number of rotatable bonds is 5. The molecular formula is C11H22N4O. The van der Waals surface area contributed by atoms with Gasteiger partial charge in [0.1, 0.15) is 5.82 Å². The van der Waals surface area contributed by atoms with Crippen molar-refractivity contribution in [3.63, 3.8) is 0 Å². The standard InChI is InChI=1S/C11H22N4O/c1-7(2)15-11(10(12)9(4)14-15)13-6-5-8(3)16/h7-8,13,16H,5-6,12H2,1-4H3. The van der Waals surface area contributed by atoms with Gasteiger partial charge in [-0.2, -0.15) is 5.10 Å². The fourth-order valence-electron chi connectivity index (χ4n) is 1.51. The molecule has 0 spiro atoms. The third-order valence-electron chi connectivity index (χ3n) is 2.48. The van der Waals surface area contributed by atoms with Gasteiger partial charge in [-0.1, -0.05) is 0 Å². The van der Waals surface area contributed by atoms with Crippen LogP contribution >= 0.6 is 0 Å². The van der Waals surface area contributed by atoms with Gasteiger partial charge in [0.2, 0.25) is 0 Å². The Morgan fingerprint density at radius 1 is 1.44 bits per heavy atom. The molecule has 0 amide bonds. The molecule has 0 radical (unpaired) electrons. The quantitative estimate of drug-likeness (QED) is 0.711. The van der Waals surface area contributed by atoms with Gasteiger partial charge in [-0.05, 0) is 34.1 Å². The minimum atomic E-state index is -0.301. The van der Waals surface area contributed by atoms with E-state index in [0.717, 1.165) is 11.5 Å². The number of hydrogen-bond acceptors (Lipinski definition) is 4. The average Bonchev–Trinajstić information content (AvgIpc) is 2.45. The number of aliphatic hydroxyl groups is 1. The second-order valence-corrected chi connectivity index (χ2v) is 4.45. The lowest BCUT2D eigenvalue weighted by molar-refractivity contribution is 0.188. The third kappa shape index (κ3) is 2.88. The molecular weight excluding hydrogens is 204 g/mol. The van der Waals surface area contributed by atoms with Gasteiger partial charge >= 0.3 is 0 Å². The number of nitrogens with two attached hydrogens (primary N) is 1. The van der Waals surface area contributed by atoms with Crippen LogP contribution in [-0.2, 0) is 0 Å². The normalized spacial score (nSPS) is 13.1. The fourth-order valence-corrected chi connectivity index (χ4v) is 1.51. The summed E-state index contributed by atoms with van der Waals surface area (Å²) < 4.78 is 1.88. The molecule has 0 aliphatic carbocycles. The average molecular weight is 226 g/mol. The van der Waals surface area contributed by atoms with Crippen molar-refractivity contribution in [2.45, 2.75) is 46.3 Å². The maximum atomic E-state index is 9.19. The van der Waals surface area contributed by atoms with Crippen molar-refractivity contribution in [1.82, 2.24) is 9.78 Å². The minimum Gasteiger partial charge on any atom is -0.394 e. The van der Waals surface area contributed by atoms with E-state index in [2.05, 4.69) is 24.3 Å². The molecule has 1 aromatic heterocycles. The van der Waals surface area contributed by atoms with E-state index in [0.29, 0.717) is 18.7 Å². The fraction of sp³-hybridized carbons (Fsp3) is 0.727. The predicted octanol–water partition coefficient (Wildman–Crippen LogP) is 1.54. The Morgan fingerprint density at radius 3 is 2.56 bits per heavy atom. The molecule has 0 aliphatic rings. The Morgan fingerprint density at radius 2 is 2.06 bits per heavy atom. The lowest BCUT2D eigenvalue weighted by Gasteiger charge is -2.13. The van der Waals surface area contributed by atoms with Gasteiger partial charge in [-0.25, -0.2) is 4.68 Å². The molecule has 0 bridgehead atoms. The van der Waals surface area contributed by atoms with Gasteiger partial charge in [-0.15, -0.1) is 0 Å². The van der Waals surface area contributed by atoms with E-state index in [1.54, 1.807) is 6.92 Å². The van der Waals surface area contributed by atoms with E-state index < -0.39 is 0 Å². The van der Waals surface area contributed by atoms with Crippen molar-refractivity contribution in [3.8, 4) is 0 Å². The van der Waals surface area contributed by atoms with Gasteiger partial charge < -0.3 is 16.2 Å². The highest BCUT2D eigenvalue weighted by Gasteiger charge is 2.14. The zero-order chi connectivity index (χ0) is 12.3. The van der Waals surface area contributed by atoms with Crippen molar-refractivity contribution in [2.75, 3.05) is 17.6 Å². The molecule has 1 rings (SSSR count). The Bertz CT molecular complexity index is 344. The van der Waals surface area contributed by atoms with Crippen LogP contribution < -0.4 is 11.1 Å². The van der Waals surface area contributed by atoms with Crippen LogP contribution in [0, 0.1) is 6.92 Å². The number of nitrogens with zero attached hydrogens (tertiary/aromatic N) is 2. The summed E-state index contributed by atoms with van der Waals surface area (Å²) in [5, 5.41) is 16.8. The first-order valence-electron chi connectivity index (χ1n) is 5.70. The predicted molar refractivity (Wildman–Crippen MR) is 66.5 cm³/mol. The van der Waals surface area contributed by atoms with Crippen LogP contribution in [0.4, 0.5) is 11.5 Å². The lowest BCUT2D eigenvalue weighted by Crippen LogP contribution is -2.15. The van der Waals surface area contributed by atoms with Crippen molar-refractivity contribution >= 4 is 11.5 Å². The number of anilines is 2. The first kappa shape index (κ1) is 12.8. The van der Waals surface area contributed by atoms with Crippen molar-refractivity contribution < 1.29 is 5.11 Å². The molecule has 0 saturated heterocycles. The van der Waals surface area contributed by atoms with E-state index in [1.165, 1.54) is 0 Å². The SMILES string of the molecule is Cc1nn(C(C)C)c(NCCC(C)O)c1N. The van der Waals surface area contributed by atoms with Crippen LogP contribution in [0.3, 0.4) is 0 Å². The molecule has 4 N–H and O–H groups in total. The van der Waals surface area contributed by atoms with Crippen LogP contribution in [0.1, 0.15) is 38.9 Å². The highest BCUT2D eigenvalue weighted by Crippen LogP contribution is 2.25. The summed E-state index contributed by atoms with van der Waals surface area (Å²) in [4.78, 5) is 0. The van der Waals surface area contributed by atoms with E-state index in [4.69, 9.17) is 5.73 Å². The summed E-state index contributed by atoms with van der Waals surface area (Å²) in [6, 6.07) is 0.269. The first-order valence-corrected chi connectivity index (χ1v) is 5.70. The van der Waals surface area contributed by atoms with Gasteiger partial charge in [0, 0.05) is 12.6 Å². The van der Waals surface area contributed by atoms with Crippen LogP contribution in [0.25, 0.3) is 0 Å². The number of aliphatic hydroxyl groups excluding tert-OH is 1. The van der Waals surface area contributed by atoms with Gasteiger partial charge in [0.25, 0.3) is 0 Å². The molecule has 1 aromatic rings. The van der Waals surface area contributed by atoms with Crippen molar-refractivity contribution in [2.24, 2.45) is 0 Å². The Balaban J connectivity index is 2.77. The molecule has 1 unspecified atom stereocenters. The molecule has 5 nitrogen and oxygen atoms in total. The zero-order valence-corrected chi connectivity index (χ0v) is 10.5. The number of nitrogen functional groups attached to an aromatic ring is 1. The number of aromatic nitrogens is 2. The summed E-state index contributed by atoms with van der Waals surface area (Å²) in [7, 11) is 0. The number of nitrogens with one attached hydrogen (secondary N) is 1. The van der Waals surface area contributed by atoms with Crippen LogP contribution in [-0.4, -0.2) is 27.5 Å². The van der Waals surface area contributed by atoms with Gasteiger partial charge in [0.05, 0.1) is 17.5 Å². The van der Waals surface area contributed by atoms with Gasteiger partial charge in [-0.3, -0.25) is 0 Å². The molecule has 0 aliphatic heterocycles. The highest BCUT2D eigenvalue weighted by molar-refractivity contribution is 5.64. The third-order valence-corrected chi connectivity index (χ3v) is 2.48. The number of hydrogen-bond donors (Lipinski definition) is 3. The summed E-state index contributed by atoms with van der Waals surface area (Å²) in [5.41, 5.74) is 7.48. The topological polar surface area (TPSA) is 76.1 Å². The second-order valence-electron chi connectivity index (χ2n) is 4.45. The van der Waals surface area contributed by atoms with E-state index in [1.807, 2.05) is 11.6 Å². The van der Waals surface area contributed by atoms with Crippen molar-refractivity contribution in [3.05, 3.63) is 5.69 Å². The summed E-state index contributed by atoms with van der Waals surface area (Å²) in [6.45, 7) is 8.49. The van der Waals surface area contributed by atoms with Crippen molar-refractivity contribution in [1.29, 1.82) is 0 Å². The lowest BCUT2D eigenvalue weighted by atomic mass is 10.3. The van der Waals surface area contributed by atoms with E-state index in [-0.39, 0.29) is 12.1 Å². The maximum absolute atomic E-state index is 9.19. The largest absolute Gasteiger partial charge is 0.394 e. The monoisotopic (exact) mass is 226 g/mol. The molecule has 0 aromatic carbocycles. The summed E-state index contributed by atoms with van der Waals surface area (Å²) in [6.07, 6.45) is 0.395. The van der Waals surface area contributed by atoms with Gasteiger partial charge in [0.15, 0.2) is 0 Å². The summed E-state index contributed by atoms with van der Waals surface area (Å²) >= 11 is 0. The molecule has 16 heavy (non-hydrogen) atoms. The molecule has 92 valence electrons.